The fourth-order valence-electron chi connectivity index (χ4n) is 2.93. The van der Waals surface area contributed by atoms with Crippen molar-refractivity contribution in [2.45, 2.75) is 13.0 Å². The Kier molecular flexibility index (Phi) is 6.29. The highest BCUT2D eigenvalue weighted by atomic mass is 35.5. The molecule has 1 heterocycles. The van der Waals surface area contributed by atoms with Crippen molar-refractivity contribution in [3.8, 4) is 17.2 Å². The summed E-state index contributed by atoms with van der Waals surface area (Å²) in [4.78, 5) is 17.4. The Hall–Kier alpha value is -3.19. The molecule has 0 radical (unpaired) electrons. The monoisotopic (exact) mass is 415 g/mol. The minimum absolute atomic E-state index is 0.0408. The van der Waals surface area contributed by atoms with Crippen LogP contribution >= 0.6 is 11.6 Å². The van der Waals surface area contributed by atoms with Gasteiger partial charge < -0.3 is 24.5 Å². The molecule has 29 heavy (non-hydrogen) atoms. The van der Waals surface area contributed by atoms with Crippen LogP contribution in [-0.2, 0) is 7.05 Å². The number of aromatic nitrogens is 2. The summed E-state index contributed by atoms with van der Waals surface area (Å²) < 4.78 is 12.4. The lowest BCUT2D eigenvalue weighted by Crippen LogP contribution is -2.31. The molecule has 0 aliphatic carbocycles. The second-order valence-corrected chi connectivity index (χ2v) is 6.72. The number of phenolic OH excluding ortho intramolecular Hbond substituents is 1. The van der Waals surface area contributed by atoms with Gasteiger partial charge in [0.15, 0.2) is 11.5 Å². The summed E-state index contributed by atoms with van der Waals surface area (Å²) in [7, 11) is 3.45. The molecule has 0 aliphatic rings. The number of benzene rings is 2. The van der Waals surface area contributed by atoms with Crippen LogP contribution in [0.4, 0.5) is 0 Å². The second-order valence-electron chi connectivity index (χ2n) is 6.31. The van der Waals surface area contributed by atoms with E-state index < -0.39 is 6.04 Å². The lowest BCUT2D eigenvalue weighted by atomic mass is 10.0. The fourth-order valence-corrected chi connectivity index (χ4v) is 3.14. The molecule has 0 fully saturated rings. The van der Waals surface area contributed by atoms with Gasteiger partial charge in [-0.15, -0.1) is 0 Å². The van der Waals surface area contributed by atoms with Crippen LogP contribution in [-0.4, -0.2) is 34.3 Å². The van der Waals surface area contributed by atoms with E-state index in [-0.39, 0.29) is 28.0 Å². The third kappa shape index (κ3) is 4.46. The number of imidazole rings is 1. The normalized spacial score (nSPS) is 11.7. The number of methoxy groups -OCH3 is 1. The molecule has 2 aromatic carbocycles. The number of nitrogens with one attached hydrogen (secondary N) is 1. The summed E-state index contributed by atoms with van der Waals surface area (Å²) >= 11 is 6.07. The maximum atomic E-state index is 13.0. The number of carbonyl (C=O) groups excluding carboxylic acids is 1. The molecular formula is C21H22ClN3O4. The molecule has 152 valence electrons. The highest BCUT2D eigenvalue weighted by molar-refractivity contribution is 6.32. The van der Waals surface area contributed by atoms with Crippen LogP contribution in [0.1, 0.15) is 34.7 Å². The van der Waals surface area contributed by atoms with E-state index in [4.69, 9.17) is 21.1 Å². The van der Waals surface area contributed by atoms with E-state index in [1.165, 1.54) is 12.1 Å². The number of amides is 1. The number of nitrogens with zero attached hydrogens (tertiary/aromatic N) is 2. The van der Waals surface area contributed by atoms with Crippen molar-refractivity contribution in [1.29, 1.82) is 0 Å². The van der Waals surface area contributed by atoms with E-state index in [0.717, 1.165) is 5.56 Å². The highest BCUT2D eigenvalue weighted by Gasteiger charge is 2.23. The molecule has 0 aliphatic heterocycles. The van der Waals surface area contributed by atoms with Crippen molar-refractivity contribution in [2.24, 2.45) is 7.05 Å². The first-order chi connectivity index (χ1) is 13.9. The Morgan fingerprint density at radius 2 is 2.03 bits per heavy atom. The van der Waals surface area contributed by atoms with Crippen LogP contribution < -0.4 is 14.8 Å². The molecule has 0 saturated carbocycles. The van der Waals surface area contributed by atoms with Crippen LogP contribution in [0.3, 0.4) is 0 Å². The van der Waals surface area contributed by atoms with Crippen LogP contribution in [0, 0.1) is 0 Å². The lowest BCUT2D eigenvalue weighted by molar-refractivity contribution is 0.0940. The number of rotatable bonds is 7. The number of hydrogen-bond donors (Lipinski definition) is 2. The zero-order valence-corrected chi connectivity index (χ0v) is 17.1. The predicted molar refractivity (Wildman–Crippen MR) is 110 cm³/mol. The zero-order valence-electron chi connectivity index (χ0n) is 16.3. The van der Waals surface area contributed by atoms with Gasteiger partial charge in [-0.05, 0) is 36.8 Å². The van der Waals surface area contributed by atoms with E-state index in [2.05, 4.69) is 10.3 Å². The maximum absolute atomic E-state index is 13.0. The Morgan fingerprint density at radius 3 is 2.62 bits per heavy atom. The summed E-state index contributed by atoms with van der Waals surface area (Å²) in [6.45, 7) is 2.11. The summed E-state index contributed by atoms with van der Waals surface area (Å²) in [5.74, 6) is 0.962. The predicted octanol–water partition coefficient (Wildman–Crippen LogP) is 3.71. The van der Waals surface area contributed by atoms with Gasteiger partial charge in [0, 0.05) is 25.0 Å². The minimum atomic E-state index is -0.503. The summed E-state index contributed by atoms with van der Waals surface area (Å²) in [6, 6.07) is 9.74. The smallest absolute Gasteiger partial charge is 0.252 e. The van der Waals surface area contributed by atoms with Crippen molar-refractivity contribution in [1.82, 2.24) is 14.9 Å². The Balaban J connectivity index is 1.95. The molecule has 7 nitrogen and oxygen atoms in total. The summed E-state index contributed by atoms with van der Waals surface area (Å²) in [6.07, 6.45) is 3.48. The second kappa shape index (κ2) is 8.87. The minimum Gasteiger partial charge on any atom is -0.503 e. The number of aryl methyl sites for hydroxylation is 1. The molecule has 1 atom stereocenters. The van der Waals surface area contributed by atoms with Gasteiger partial charge in [-0.2, -0.15) is 0 Å². The molecule has 1 amide bonds. The zero-order chi connectivity index (χ0) is 21.0. The van der Waals surface area contributed by atoms with Gasteiger partial charge >= 0.3 is 0 Å². The van der Waals surface area contributed by atoms with Crippen LogP contribution in [0.5, 0.6) is 17.2 Å². The first-order valence-electron chi connectivity index (χ1n) is 9.02. The van der Waals surface area contributed by atoms with Crippen LogP contribution in [0.15, 0.2) is 48.8 Å². The standard InChI is InChI=1S/C21H22ClN3O4/c1-4-29-17-12-14(11-16(22)19(17)26)21(27)24-18(20-23-9-10-25(20)2)13-5-7-15(28-3)8-6-13/h5-12,18,26H,4H2,1-3H3,(H,24,27). The SMILES string of the molecule is CCOc1cc(C(=O)NC(c2ccc(OC)cc2)c2nccn2C)cc(Cl)c1O. The number of halogens is 1. The Bertz CT molecular complexity index is 1000. The van der Waals surface area contributed by atoms with Gasteiger partial charge in [0.2, 0.25) is 0 Å². The van der Waals surface area contributed by atoms with E-state index in [1.807, 2.05) is 42.1 Å². The van der Waals surface area contributed by atoms with Gasteiger partial charge in [-0.25, -0.2) is 4.98 Å². The number of aromatic hydroxyl groups is 1. The van der Waals surface area contributed by atoms with Crippen molar-refractivity contribution in [2.75, 3.05) is 13.7 Å². The maximum Gasteiger partial charge on any atom is 0.252 e. The average molecular weight is 416 g/mol. The van der Waals surface area contributed by atoms with Gasteiger partial charge in [0.25, 0.3) is 5.91 Å². The average Bonchev–Trinajstić information content (AvgIpc) is 3.15. The quantitative estimate of drug-likeness (QED) is 0.614. The van der Waals surface area contributed by atoms with Crippen LogP contribution in [0.25, 0.3) is 0 Å². The van der Waals surface area contributed by atoms with Crippen molar-refractivity contribution in [3.63, 3.8) is 0 Å². The van der Waals surface area contributed by atoms with E-state index in [9.17, 15) is 9.90 Å². The van der Waals surface area contributed by atoms with E-state index in [1.54, 1.807) is 20.2 Å². The Morgan fingerprint density at radius 1 is 1.31 bits per heavy atom. The summed E-state index contributed by atoms with van der Waals surface area (Å²) in [5.41, 5.74) is 1.10. The number of phenols is 1. The van der Waals surface area contributed by atoms with Gasteiger partial charge in [0.1, 0.15) is 17.6 Å². The third-order valence-corrected chi connectivity index (χ3v) is 4.72. The van der Waals surface area contributed by atoms with Crippen molar-refractivity contribution < 1.29 is 19.4 Å². The highest BCUT2D eigenvalue weighted by Crippen LogP contribution is 2.35. The van der Waals surface area contributed by atoms with Crippen molar-refractivity contribution in [3.05, 3.63) is 70.8 Å². The van der Waals surface area contributed by atoms with Gasteiger partial charge in [-0.3, -0.25) is 4.79 Å². The van der Waals surface area contributed by atoms with Gasteiger partial charge in [0.05, 0.1) is 18.7 Å². The Labute approximate surface area is 173 Å². The van der Waals surface area contributed by atoms with Crippen molar-refractivity contribution >= 4 is 17.5 Å². The lowest BCUT2D eigenvalue weighted by Gasteiger charge is -2.20. The number of hydrogen-bond acceptors (Lipinski definition) is 5. The van der Waals surface area contributed by atoms with E-state index in [0.29, 0.717) is 18.2 Å². The third-order valence-electron chi connectivity index (χ3n) is 4.43. The molecular weight excluding hydrogens is 394 g/mol. The molecule has 3 aromatic rings. The molecule has 0 saturated heterocycles. The van der Waals surface area contributed by atoms with Crippen LogP contribution in [0.2, 0.25) is 5.02 Å². The molecule has 3 rings (SSSR count). The number of ether oxygens (including phenoxy) is 2. The van der Waals surface area contributed by atoms with Gasteiger partial charge in [-0.1, -0.05) is 23.7 Å². The van der Waals surface area contributed by atoms with E-state index >= 15 is 0 Å². The molecule has 0 spiro atoms. The number of carbonyl (C=O) groups is 1. The first-order valence-corrected chi connectivity index (χ1v) is 9.39. The molecule has 0 bridgehead atoms. The first kappa shape index (κ1) is 20.5. The topological polar surface area (TPSA) is 85.6 Å². The molecule has 8 heteroatoms. The summed E-state index contributed by atoms with van der Waals surface area (Å²) in [5, 5.41) is 13.0. The molecule has 1 aromatic heterocycles. The fraction of sp³-hybridized carbons (Fsp3) is 0.238. The largest absolute Gasteiger partial charge is 0.503 e. The molecule has 1 unspecified atom stereocenters. The molecule has 2 N–H and O–H groups in total.